The monoisotopic (exact) mass is 205 g/mol. The summed E-state index contributed by atoms with van der Waals surface area (Å²) in [5.41, 5.74) is 0. The van der Waals surface area contributed by atoms with Crippen LogP contribution in [0, 0.1) is 12.3 Å². The number of hydrogen-bond donors (Lipinski definition) is 1. The lowest BCUT2D eigenvalue weighted by Gasteiger charge is -2.11. The van der Waals surface area contributed by atoms with Crippen LogP contribution in [0.1, 0.15) is 19.8 Å². The third kappa shape index (κ3) is 3.47. The molecule has 0 amide bonds. The molecule has 0 aliphatic carbocycles. The van der Waals surface area contributed by atoms with Crippen molar-refractivity contribution in [1.82, 2.24) is 9.97 Å². The molecule has 0 spiro atoms. The molecule has 1 atom stereocenters. The molecule has 1 unspecified atom stereocenters. The second-order valence-corrected chi connectivity index (χ2v) is 3.10. The topological polar surface area (TPSA) is 47.0 Å². The van der Waals surface area contributed by atoms with E-state index in [-0.39, 0.29) is 6.04 Å². The van der Waals surface area contributed by atoms with E-state index in [9.17, 15) is 0 Å². The van der Waals surface area contributed by atoms with Gasteiger partial charge in [0.15, 0.2) is 5.75 Å². The molecule has 1 rings (SSSR count). The lowest BCUT2D eigenvalue weighted by atomic mass is 10.2. The summed E-state index contributed by atoms with van der Waals surface area (Å²) >= 11 is 0. The van der Waals surface area contributed by atoms with E-state index in [0.29, 0.717) is 11.7 Å². The number of methoxy groups -OCH3 is 1. The van der Waals surface area contributed by atoms with Crippen molar-refractivity contribution in [2.75, 3.05) is 12.4 Å². The quantitative estimate of drug-likeness (QED) is 0.743. The van der Waals surface area contributed by atoms with Crippen molar-refractivity contribution >= 4 is 5.95 Å². The van der Waals surface area contributed by atoms with E-state index in [1.807, 2.05) is 0 Å². The average molecular weight is 205 g/mol. The minimum Gasteiger partial charge on any atom is -0.494 e. The van der Waals surface area contributed by atoms with Crippen molar-refractivity contribution in [1.29, 1.82) is 0 Å². The maximum atomic E-state index is 5.37. The number of nitrogens with zero attached hydrogens (tertiary/aromatic N) is 2. The van der Waals surface area contributed by atoms with Crippen LogP contribution in [-0.4, -0.2) is 23.1 Å². The lowest BCUT2D eigenvalue weighted by molar-refractivity contribution is 0.411. The van der Waals surface area contributed by atoms with Crippen LogP contribution in [0.5, 0.6) is 5.75 Å². The fourth-order valence-corrected chi connectivity index (χ4v) is 1.14. The maximum absolute atomic E-state index is 5.37. The fraction of sp³-hybridized carbons (Fsp3) is 0.455. The molecule has 1 aromatic heterocycles. The van der Waals surface area contributed by atoms with E-state index in [2.05, 4.69) is 28.1 Å². The molecule has 0 bridgehead atoms. The first kappa shape index (κ1) is 11.3. The minimum absolute atomic E-state index is 0.0107. The molecule has 0 aliphatic heterocycles. The van der Waals surface area contributed by atoms with Crippen LogP contribution in [0.4, 0.5) is 5.95 Å². The van der Waals surface area contributed by atoms with Crippen molar-refractivity contribution < 1.29 is 4.74 Å². The van der Waals surface area contributed by atoms with Crippen LogP contribution in [0.25, 0.3) is 0 Å². The summed E-state index contributed by atoms with van der Waals surface area (Å²) in [6.45, 7) is 2.08. The largest absolute Gasteiger partial charge is 0.494 e. The predicted molar refractivity (Wildman–Crippen MR) is 59.7 cm³/mol. The van der Waals surface area contributed by atoms with Crippen LogP contribution >= 0.6 is 0 Å². The highest BCUT2D eigenvalue weighted by Crippen LogP contribution is 2.09. The SMILES string of the molecule is C#CC(CCC)Nc1ncc(OC)cn1. The van der Waals surface area contributed by atoms with Gasteiger partial charge in [-0.2, -0.15) is 0 Å². The Bertz CT molecular complexity index is 329. The molecule has 0 saturated carbocycles. The lowest BCUT2D eigenvalue weighted by Crippen LogP contribution is -2.18. The van der Waals surface area contributed by atoms with E-state index in [1.54, 1.807) is 19.5 Å². The van der Waals surface area contributed by atoms with Crippen molar-refractivity contribution in [3.05, 3.63) is 12.4 Å². The molecule has 1 aromatic rings. The van der Waals surface area contributed by atoms with Gasteiger partial charge < -0.3 is 10.1 Å². The van der Waals surface area contributed by atoms with Crippen LogP contribution in [0.2, 0.25) is 0 Å². The van der Waals surface area contributed by atoms with Gasteiger partial charge in [0, 0.05) is 0 Å². The van der Waals surface area contributed by atoms with Gasteiger partial charge in [-0.3, -0.25) is 0 Å². The summed E-state index contributed by atoms with van der Waals surface area (Å²) in [6, 6.07) is -0.0107. The van der Waals surface area contributed by atoms with Gasteiger partial charge in [-0.15, -0.1) is 6.42 Å². The smallest absolute Gasteiger partial charge is 0.223 e. The van der Waals surface area contributed by atoms with Crippen molar-refractivity contribution in [2.45, 2.75) is 25.8 Å². The van der Waals surface area contributed by atoms with Crippen molar-refractivity contribution in [2.24, 2.45) is 0 Å². The summed E-state index contributed by atoms with van der Waals surface area (Å²) < 4.78 is 4.95. The van der Waals surface area contributed by atoms with E-state index in [0.717, 1.165) is 12.8 Å². The molecule has 4 nitrogen and oxygen atoms in total. The molecule has 1 N–H and O–H groups in total. The molecule has 15 heavy (non-hydrogen) atoms. The molecule has 0 aliphatic rings. The summed E-state index contributed by atoms with van der Waals surface area (Å²) in [5.74, 6) is 3.82. The van der Waals surface area contributed by atoms with Gasteiger partial charge in [-0.1, -0.05) is 19.3 Å². The highest BCUT2D eigenvalue weighted by atomic mass is 16.5. The molecule has 0 radical (unpaired) electrons. The summed E-state index contributed by atoms with van der Waals surface area (Å²) in [4.78, 5) is 8.15. The number of terminal acetylenes is 1. The molecule has 1 heterocycles. The van der Waals surface area contributed by atoms with Crippen molar-refractivity contribution in [3.8, 4) is 18.1 Å². The molecule has 80 valence electrons. The van der Waals surface area contributed by atoms with Crippen LogP contribution in [-0.2, 0) is 0 Å². The fourth-order valence-electron chi connectivity index (χ4n) is 1.14. The van der Waals surface area contributed by atoms with Gasteiger partial charge in [-0.25, -0.2) is 9.97 Å². The Kier molecular flexibility index (Phi) is 4.42. The van der Waals surface area contributed by atoms with Gasteiger partial charge in [0.1, 0.15) is 0 Å². The Labute approximate surface area is 90.1 Å². The third-order valence-corrected chi connectivity index (χ3v) is 1.95. The Balaban J connectivity index is 2.60. The number of hydrogen-bond acceptors (Lipinski definition) is 4. The average Bonchev–Trinajstić information content (AvgIpc) is 2.29. The Morgan fingerprint density at radius 3 is 2.67 bits per heavy atom. The van der Waals surface area contributed by atoms with Gasteiger partial charge in [0.05, 0.1) is 25.5 Å². The van der Waals surface area contributed by atoms with E-state index in [1.165, 1.54) is 0 Å². The van der Waals surface area contributed by atoms with Crippen LogP contribution in [0.15, 0.2) is 12.4 Å². The third-order valence-electron chi connectivity index (χ3n) is 1.95. The van der Waals surface area contributed by atoms with Gasteiger partial charge in [0.25, 0.3) is 0 Å². The Morgan fingerprint density at radius 2 is 2.20 bits per heavy atom. The predicted octanol–water partition coefficient (Wildman–Crippen LogP) is 1.70. The van der Waals surface area contributed by atoms with Gasteiger partial charge >= 0.3 is 0 Å². The summed E-state index contributed by atoms with van der Waals surface area (Å²) in [7, 11) is 1.58. The van der Waals surface area contributed by atoms with Crippen LogP contribution < -0.4 is 10.1 Å². The second kappa shape index (κ2) is 5.86. The molecular formula is C11H15N3O. The zero-order valence-electron chi connectivity index (χ0n) is 9.03. The first-order valence-electron chi connectivity index (χ1n) is 4.88. The molecule has 0 saturated heterocycles. The first-order valence-corrected chi connectivity index (χ1v) is 4.88. The number of aromatic nitrogens is 2. The standard InChI is InChI=1S/C11H15N3O/c1-4-6-9(5-2)14-11-12-7-10(15-3)8-13-11/h2,7-9H,4,6H2,1,3H3,(H,12,13,14). The van der Waals surface area contributed by atoms with E-state index < -0.39 is 0 Å². The number of ether oxygens (including phenoxy) is 1. The van der Waals surface area contributed by atoms with Gasteiger partial charge in [-0.05, 0) is 6.42 Å². The highest BCUT2D eigenvalue weighted by Gasteiger charge is 2.04. The number of nitrogens with one attached hydrogen (secondary N) is 1. The van der Waals surface area contributed by atoms with E-state index >= 15 is 0 Å². The maximum Gasteiger partial charge on any atom is 0.223 e. The Morgan fingerprint density at radius 1 is 1.53 bits per heavy atom. The van der Waals surface area contributed by atoms with Gasteiger partial charge in [0.2, 0.25) is 5.95 Å². The summed E-state index contributed by atoms with van der Waals surface area (Å²) in [6.07, 6.45) is 10.5. The van der Waals surface area contributed by atoms with Crippen LogP contribution in [0.3, 0.4) is 0 Å². The normalized spacial score (nSPS) is 11.5. The number of rotatable bonds is 5. The highest BCUT2D eigenvalue weighted by molar-refractivity contribution is 5.31. The minimum atomic E-state index is -0.0107. The zero-order chi connectivity index (χ0) is 11.1. The van der Waals surface area contributed by atoms with Crippen molar-refractivity contribution in [3.63, 3.8) is 0 Å². The Hall–Kier alpha value is -1.76. The molecule has 0 fully saturated rings. The zero-order valence-corrected chi connectivity index (χ0v) is 9.03. The second-order valence-electron chi connectivity index (χ2n) is 3.10. The number of anilines is 1. The molecule has 0 aromatic carbocycles. The van der Waals surface area contributed by atoms with E-state index in [4.69, 9.17) is 11.2 Å². The molecular weight excluding hydrogens is 190 g/mol. The molecule has 4 heteroatoms. The summed E-state index contributed by atoms with van der Waals surface area (Å²) in [5, 5.41) is 3.07. The first-order chi connectivity index (χ1) is 7.30.